The molecule has 2 amide bonds. The average molecular weight is 490 g/mol. The molecule has 0 spiro atoms. The minimum Gasteiger partial charge on any atom is -0.480 e. The van der Waals surface area contributed by atoms with Crippen LogP contribution in [0.1, 0.15) is 88.0 Å². The molecule has 4 N–H and O–H groups in total. The van der Waals surface area contributed by atoms with Gasteiger partial charge in [-0.05, 0) is 88.0 Å². The maximum atomic E-state index is 12.9. The van der Waals surface area contributed by atoms with Crippen LogP contribution in [0.4, 0.5) is 9.59 Å². The normalized spacial score (nSPS) is 14.2. The molecule has 200 valence electrons. The van der Waals surface area contributed by atoms with Crippen molar-refractivity contribution in [2.24, 2.45) is 5.73 Å². The zero-order valence-electron chi connectivity index (χ0n) is 22.5. The number of alkyl carbamates (subject to hydrolysis) is 1. The van der Waals surface area contributed by atoms with Crippen LogP contribution >= 0.6 is 0 Å². The number of nitrogens with zero attached hydrogens (tertiary/aromatic N) is 1. The van der Waals surface area contributed by atoms with Gasteiger partial charge in [-0.3, -0.25) is 4.79 Å². The van der Waals surface area contributed by atoms with E-state index in [1.807, 2.05) is 20.8 Å². The van der Waals surface area contributed by atoms with Gasteiger partial charge in [-0.25, -0.2) is 9.59 Å². The van der Waals surface area contributed by atoms with Gasteiger partial charge in [0.25, 0.3) is 0 Å². The number of carboxylic acids is 1. The minimum atomic E-state index is -1.04. The van der Waals surface area contributed by atoms with Crippen LogP contribution in [-0.2, 0) is 19.0 Å². The summed E-state index contributed by atoms with van der Waals surface area (Å²) in [4.78, 5) is 37.4. The molecule has 0 unspecified atom stereocenters. The number of hydrogen-bond acceptors (Lipinski definition) is 7. The Morgan fingerprint density at radius 3 is 1.91 bits per heavy atom. The van der Waals surface area contributed by atoms with Crippen LogP contribution in [0.15, 0.2) is 0 Å². The van der Waals surface area contributed by atoms with E-state index in [1.54, 1.807) is 46.4 Å². The molecule has 34 heavy (non-hydrogen) atoms. The zero-order chi connectivity index (χ0) is 26.7. The Hall–Kier alpha value is -2.07. The fraction of sp³-hybridized carbons (Fsp3) is 0.875. The molecule has 0 bridgehead atoms. The second kappa shape index (κ2) is 13.7. The Morgan fingerprint density at radius 2 is 1.44 bits per heavy atom. The van der Waals surface area contributed by atoms with Crippen LogP contribution in [-0.4, -0.2) is 76.7 Å². The van der Waals surface area contributed by atoms with E-state index in [2.05, 4.69) is 5.32 Å². The molecular formula is C24H47N3O7. The summed E-state index contributed by atoms with van der Waals surface area (Å²) in [6.45, 7) is 17.5. The van der Waals surface area contributed by atoms with Crippen molar-refractivity contribution in [3.05, 3.63) is 0 Å². The number of hydrogen-bond donors (Lipinski definition) is 3. The Balaban J connectivity index is 5.21. The Morgan fingerprint density at radius 1 is 0.882 bits per heavy atom. The lowest BCUT2D eigenvalue weighted by Gasteiger charge is -2.33. The molecule has 0 rings (SSSR count). The molecule has 0 saturated heterocycles. The van der Waals surface area contributed by atoms with Gasteiger partial charge in [0.15, 0.2) is 0 Å². The summed E-state index contributed by atoms with van der Waals surface area (Å²) in [6, 6.07) is -0.925. The van der Waals surface area contributed by atoms with E-state index in [0.717, 1.165) is 0 Å². The van der Waals surface area contributed by atoms with Crippen molar-refractivity contribution in [3.8, 4) is 0 Å². The van der Waals surface area contributed by atoms with Gasteiger partial charge in [0.05, 0.1) is 18.2 Å². The molecule has 0 heterocycles. The number of nitrogens with one attached hydrogen (secondary N) is 1. The number of ether oxygens (including phenoxy) is 3. The maximum Gasteiger partial charge on any atom is 0.410 e. The van der Waals surface area contributed by atoms with Crippen molar-refractivity contribution < 1.29 is 33.7 Å². The largest absolute Gasteiger partial charge is 0.480 e. The van der Waals surface area contributed by atoms with Gasteiger partial charge >= 0.3 is 18.2 Å². The SMILES string of the molecule is CC(C)(C)OC(=O)NCC[C@H](CN(CCCC[C@H](N)C(=O)O)C(=O)OC(C)(C)C)OC(C)(C)C. The molecule has 10 heteroatoms. The van der Waals surface area contributed by atoms with Crippen molar-refractivity contribution in [2.45, 2.75) is 117 Å². The van der Waals surface area contributed by atoms with Gasteiger partial charge in [0.1, 0.15) is 17.2 Å². The number of carbonyl (C=O) groups excluding carboxylic acids is 2. The lowest BCUT2D eigenvalue weighted by molar-refractivity contribution is -0.138. The lowest BCUT2D eigenvalue weighted by atomic mass is 10.1. The second-order valence-corrected chi connectivity index (χ2v) is 11.4. The third-order valence-electron chi connectivity index (χ3n) is 4.24. The summed E-state index contributed by atoms with van der Waals surface area (Å²) in [6.07, 6.45) is 0.539. The molecule has 0 aromatic carbocycles. The molecule has 0 aromatic heterocycles. The number of nitrogens with two attached hydrogens (primary N) is 1. The number of carboxylic acid groups (broad SMARTS) is 1. The highest BCUT2D eigenvalue weighted by Gasteiger charge is 2.27. The average Bonchev–Trinajstić information content (AvgIpc) is 2.59. The van der Waals surface area contributed by atoms with Crippen LogP contribution < -0.4 is 11.1 Å². The van der Waals surface area contributed by atoms with Crippen LogP contribution in [0, 0.1) is 0 Å². The van der Waals surface area contributed by atoms with Gasteiger partial charge in [-0.2, -0.15) is 0 Å². The Labute approximate surface area is 204 Å². The predicted octanol–water partition coefficient (Wildman–Crippen LogP) is 3.90. The fourth-order valence-corrected chi connectivity index (χ4v) is 2.96. The van der Waals surface area contributed by atoms with Crippen molar-refractivity contribution in [2.75, 3.05) is 19.6 Å². The summed E-state index contributed by atoms with van der Waals surface area (Å²) < 4.78 is 17.0. The third-order valence-corrected chi connectivity index (χ3v) is 4.24. The monoisotopic (exact) mass is 489 g/mol. The predicted molar refractivity (Wildman–Crippen MR) is 131 cm³/mol. The molecule has 0 radical (unpaired) electrons. The van der Waals surface area contributed by atoms with E-state index in [4.69, 9.17) is 25.1 Å². The molecular weight excluding hydrogens is 442 g/mol. The van der Waals surface area contributed by atoms with Gasteiger partial charge in [-0.1, -0.05) is 0 Å². The van der Waals surface area contributed by atoms with Crippen molar-refractivity contribution >= 4 is 18.2 Å². The molecule has 10 nitrogen and oxygen atoms in total. The van der Waals surface area contributed by atoms with Gasteiger partial charge in [0, 0.05) is 13.1 Å². The lowest BCUT2D eigenvalue weighted by Crippen LogP contribution is -2.45. The highest BCUT2D eigenvalue weighted by Crippen LogP contribution is 2.17. The highest BCUT2D eigenvalue weighted by molar-refractivity contribution is 5.73. The quantitative estimate of drug-likeness (QED) is 0.351. The van der Waals surface area contributed by atoms with Crippen LogP contribution in [0.2, 0.25) is 0 Å². The van der Waals surface area contributed by atoms with Gasteiger partial charge in [0.2, 0.25) is 0 Å². The molecule has 2 atom stereocenters. The highest BCUT2D eigenvalue weighted by atomic mass is 16.6. The fourth-order valence-electron chi connectivity index (χ4n) is 2.96. The van der Waals surface area contributed by atoms with E-state index in [-0.39, 0.29) is 12.6 Å². The molecule has 0 saturated carbocycles. The summed E-state index contributed by atoms with van der Waals surface area (Å²) in [7, 11) is 0. The number of amides is 2. The molecule has 0 fully saturated rings. The van der Waals surface area contributed by atoms with Crippen molar-refractivity contribution in [1.82, 2.24) is 10.2 Å². The van der Waals surface area contributed by atoms with E-state index in [9.17, 15) is 14.4 Å². The van der Waals surface area contributed by atoms with E-state index >= 15 is 0 Å². The van der Waals surface area contributed by atoms with Crippen molar-refractivity contribution in [1.29, 1.82) is 0 Å². The van der Waals surface area contributed by atoms with Gasteiger partial charge < -0.3 is 35.3 Å². The van der Waals surface area contributed by atoms with Gasteiger partial charge in [-0.15, -0.1) is 0 Å². The number of rotatable bonds is 12. The summed E-state index contributed by atoms with van der Waals surface area (Å²) >= 11 is 0. The van der Waals surface area contributed by atoms with E-state index in [1.165, 1.54) is 0 Å². The van der Waals surface area contributed by atoms with Crippen molar-refractivity contribution in [3.63, 3.8) is 0 Å². The number of aliphatic carboxylic acids is 1. The third kappa shape index (κ3) is 17.4. The first-order valence-electron chi connectivity index (χ1n) is 11.9. The second-order valence-electron chi connectivity index (χ2n) is 11.4. The molecule has 0 aliphatic rings. The summed E-state index contributed by atoms with van der Waals surface area (Å²) in [5.74, 6) is -1.04. The van der Waals surface area contributed by atoms with Crippen LogP contribution in [0.3, 0.4) is 0 Å². The van der Waals surface area contributed by atoms with E-state index < -0.39 is 41.0 Å². The first-order valence-corrected chi connectivity index (χ1v) is 11.9. The maximum absolute atomic E-state index is 12.9. The molecule has 0 aliphatic heterocycles. The zero-order valence-corrected chi connectivity index (χ0v) is 22.5. The van der Waals surface area contributed by atoms with Crippen LogP contribution in [0.5, 0.6) is 0 Å². The number of unbranched alkanes of at least 4 members (excludes halogenated alkanes) is 1. The van der Waals surface area contributed by atoms with Crippen LogP contribution in [0.25, 0.3) is 0 Å². The molecule has 0 aromatic rings. The first kappa shape index (κ1) is 31.9. The standard InChI is InChI=1S/C24H47N3O7/c1-22(2,3)32-17(13-14-26-20(30)33-23(4,5)6)16-27(21(31)34-24(7,8)9)15-11-10-12-18(25)19(28)29/h17-18H,10-16,25H2,1-9H3,(H,26,30)(H,28,29)/t17-,18+/m1/s1. The smallest absolute Gasteiger partial charge is 0.410 e. The summed E-state index contributed by atoms with van der Waals surface area (Å²) in [5, 5.41) is 11.7. The Bertz CT molecular complexity index is 648. The topological polar surface area (TPSA) is 140 Å². The summed E-state index contributed by atoms with van der Waals surface area (Å²) in [5.41, 5.74) is 3.84. The number of carbonyl (C=O) groups is 3. The van der Waals surface area contributed by atoms with E-state index in [0.29, 0.717) is 38.8 Å². The molecule has 0 aliphatic carbocycles. The Kier molecular flexibility index (Phi) is 12.9. The first-order chi connectivity index (χ1) is 15.3. The minimum absolute atomic E-state index is 0.257.